The van der Waals surface area contributed by atoms with E-state index in [0.29, 0.717) is 17.4 Å². The summed E-state index contributed by atoms with van der Waals surface area (Å²) in [4.78, 5) is 8.90. The van der Waals surface area contributed by atoms with E-state index >= 15 is 0 Å². The van der Waals surface area contributed by atoms with Crippen LogP contribution in [0.4, 0.5) is 21.7 Å². The molecule has 0 saturated heterocycles. The minimum atomic E-state index is -0.457. The summed E-state index contributed by atoms with van der Waals surface area (Å²) in [6, 6.07) is 6.36. The lowest BCUT2D eigenvalue weighted by molar-refractivity contribution is 0.629. The fraction of sp³-hybridized carbons (Fsp3) is 0.286. The van der Waals surface area contributed by atoms with Crippen LogP contribution in [-0.2, 0) is 0 Å². The van der Waals surface area contributed by atoms with Crippen LogP contribution in [0, 0.1) is 5.82 Å². The van der Waals surface area contributed by atoms with E-state index in [1.165, 1.54) is 12.1 Å². The first-order chi connectivity index (χ1) is 9.65. The van der Waals surface area contributed by atoms with Crippen LogP contribution in [0.3, 0.4) is 0 Å². The van der Waals surface area contributed by atoms with E-state index in [2.05, 4.69) is 20.6 Å². The zero-order chi connectivity index (χ0) is 14.1. The van der Waals surface area contributed by atoms with Crippen LogP contribution in [0.1, 0.15) is 24.6 Å². The zero-order valence-corrected chi connectivity index (χ0v) is 11.7. The second-order valence-electron chi connectivity index (χ2n) is 4.77. The van der Waals surface area contributed by atoms with E-state index in [4.69, 9.17) is 11.6 Å². The van der Waals surface area contributed by atoms with Gasteiger partial charge in [0.25, 0.3) is 0 Å². The molecule has 1 aromatic heterocycles. The van der Waals surface area contributed by atoms with Gasteiger partial charge in [-0.15, -0.1) is 0 Å². The van der Waals surface area contributed by atoms with Gasteiger partial charge in [-0.1, -0.05) is 11.6 Å². The Bertz CT molecular complexity index is 643. The molecule has 2 N–H and O–H groups in total. The molecule has 20 heavy (non-hydrogen) atoms. The maximum absolute atomic E-state index is 13.4. The Morgan fingerprint density at radius 3 is 2.60 bits per heavy atom. The van der Waals surface area contributed by atoms with Gasteiger partial charge in [0, 0.05) is 24.7 Å². The van der Waals surface area contributed by atoms with E-state index in [1.807, 2.05) is 7.05 Å². The summed E-state index contributed by atoms with van der Waals surface area (Å²) in [5.74, 6) is 2.22. The smallest absolute Gasteiger partial charge is 0.143 e. The van der Waals surface area contributed by atoms with Crippen molar-refractivity contribution in [1.82, 2.24) is 9.97 Å². The molecule has 1 saturated carbocycles. The summed E-state index contributed by atoms with van der Waals surface area (Å²) >= 11 is 5.67. The average molecular weight is 293 g/mol. The number of hydrogen-bond donors (Lipinski definition) is 2. The number of halogens is 2. The third-order valence-electron chi connectivity index (χ3n) is 3.13. The standard InChI is InChI=1S/C14H14ClFN4/c1-17-12-7-13(20-14(19-12)8-2-3-8)18-9-4-5-10(15)11(16)6-9/h4-8H,2-3H2,1H3,(H2,17,18,19,20). The summed E-state index contributed by atoms with van der Waals surface area (Å²) in [7, 11) is 1.81. The van der Waals surface area contributed by atoms with Gasteiger partial charge < -0.3 is 10.6 Å². The lowest BCUT2D eigenvalue weighted by atomic mass is 10.3. The van der Waals surface area contributed by atoms with Crippen LogP contribution in [0.25, 0.3) is 0 Å². The topological polar surface area (TPSA) is 49.8 Å². The third kappa shape index (κ3) is 2.82. The van der Waals surface area contributed by atoms with Crippen molar-refractivity contribution in [3.05, 3.63) is 40.9 Å². The average Bonchev–Trinajstić information content (AvgIpc) is 3.27. The Labute approximate surface area is 121 Å². The molecular formula is C14H14ClFN4. The molecule has 1 aromatic carbocycles. The van der Waals surface area contributed by atoms with Crippen molar-refractivity contribution in [2.45, 2.75) is 18.8 Å². The Morgan fingerprint density at radius 1 is 1.20 bits per heavy atom. The second kappa shape index (κ2) is 5.25. The predicted molar refractivity (Wildman–Crippen MR) is 78.2 cm³/mol. The van der Waals surface area contributed by atoms with Gasteiger partial charge in [0.2, 0.25) is 0 Å². The van der Waals surface area contributed by atoms with Gasteiger partial charge in [-0.2, -0.15) is 0 Å². The highest BCUT2D eigenvalue weighted by Crippen LogP contribution is 2.39. The van der Waals surface area contributed by atoms with Crippen molar-refractivity contribution >= 4 is 28.9 Å². The lowest BCUT2D eigenvalue weighted by Crippen LogP contribution is -2.03. The largest absolute Gasteiger partial charge is 0.373 e. The van der Waals surface area contributed by atoms with Gasteiger partial charge in [-0.3, -0.25) is 0 Å². The minimum Gasteiger partial charge on any atom is -0.373 e. The molecule has 1 aliphatic rings. The van der Waals surface area contributed by atoms with Gasteiger partial charge in [-0.05, 0) is 31.0 Å². The summed E-state index contributed by atoms with van der Waals surface area (Å²) < 4.78 is 13.4. The molecule has 2 aromatic rings. The first-order valence-corrected chi connectivity index (χ1v) is 6.82. The molecular weight excluding hydrogens is 279 g/mol. The molecule has 3 rings (SSSR count). The predicted octanol–water partition coefficient (Wildman–Crippen LogP) is 3.93. The third-order valence-corrected chi connectivity index (χ3v) is 3.44. The summed E-state index contributed by atoms with van der Waals surface area (Å²) in [5.41, 5.74) is 0.606. The van der Waals surface area contributed by atoms with Gasteiger partial charge in [0.05, 0.1) is 5.02 Å². The fourth-order valence-electron chi connectivity index (χ4n) is 1.90. The van der Waals surface area contributed by atoms with Crippen molar-refractivity contribution in [2.24, 2.45) is 0 Å². The molecule has 0 amide bonds. The van der Waals surface area contributed by atoms with Gasteiger partial charge in [-0.25, -0.2) is 14.4 Å². The summed E-state index contributed by atoms with van der Waals surface area (Å²) in [5, 5.41) is 6.19. The molecule has 0 spiro atoms. The van der Waals surface area contributed by atoms with Gasteiger partial charge in [0.1, 0.15) is 23.3 Å². The van der Waals surface area contributed by atoms with Crippen LogP contribution in [0.5, 0.6) is 0 Å². The maximum Gasteiger partial charge on any atom is 0.143 e. The zero-order valence-electron chi connectivity index (χ0n) is 11.0. The van der Waals surface area contributed by atoms with Crippen LogP contribution < -0.4 is 10.6 Å². The molecule has 6 heteroatoms. The molecule has 1 fully saturated rings. The number of nitrogens with one attached hydrogen (secondary N) is 2. The van der Waals surface area contributed by atoms with E-state index < -0.39 is 5.82 Å². The van der Waals surface area contributed by atoms with E-state index in [0.717, 1.165) is 24.5 Å². The monoisotopic (exact) mass is 292 g/mol. The van der Waals surface area contributed by atoms with Crippen LogP contribution >= 0.6 is 11.6 Å². The number of nitrogens with zero attached hydrogens (tertiary/aromatic N) is 2. The van der Waals surface area contributed by atoms with Gasteiger partial charge in [0.15, 0.2) is 0 Å². The quantitative estimate of drug-likeness (QED) is 0.896. The van der Waals surface area contributed by atoms with Crippen molar-refractivity contribution in [3.8, 4) is 0 Å². The maximum atomic E-state index is 13.4. The van der Waals surface area contributed by atoms with Crippen molar-refractivity contribution in [1.29, 1.82) is 0 Å². The fourth-order valence-corrected chi connectivity index (χ4v) is 2.02. The highest BCUT2D eigenvalue weighted by molar-refractivity contribution is 6.30. The normalized spacial score (nSPS) is 14.2. The molecule has 1 aliphatic carbocycles. The SMILES string of the molecule is CNc1cc(Nc2ccc(Cl)c(F)c2)nc(C2CC2)n1. The number of hydrogen-bond acceptors (Lipinski definition) is 4. The number of benzene rings is 1. The lowest BCUT2D eigenvalue weighted by Gasteiger charge is -2.10. The summed E-state index contributed by atoms with van der Waals surface area (Å²) in [6.45, 7) is 0. The van der Waals surface area contributed by atoms with E-state index in [1.54, 1.807) is 12.1 Å². The highest BCUT2D eigenvalue weighted by Gasteiger charge is 2.27. The molecule has 0 unspecified atom stereocenters. The Morgan fingerprint density at radius 2 is 1.95 bits per heavy atom. The molecule has 0 bridgehead atoms. The van der Waals surface area contributed by atoms with Gasteiger partial charge >= 0.3 is 0 Å². The summed E-state index contributed by atoms with van der Waals surface area (Å²) in [6.07, 6.45) is 2.25. The van der Waals surface area contributed by atoms with Crippen LogP contribution in [0.15, 0.2) is 24.3 Å². The Balaban J connectivity index is 1.88. The molecule has 0 radical (unpaired) electrons. The van der Waals surface area contributed by atoms with E-state index in [-0.39, 0.29) is 5.02 Å². The van der Waals surface area contributed by atoms with Crippen molar-refractivity contribution < 1.29 is 4.39 Å². The molecule has 1 heterocycles. The molecule has 104 valence electrons. The number of aromatic nitrogens is 2. The molecule has 0 aliphatic heterocycles. The van der Waals surface area contributed by atoms with E-state index in [9.17, 15) is 4.39 Å². The molecule has 0 atom stereocenters. The number of anilines is 3. The number of rotatable bonds is 4. The first-order valence-electron chi connectivity index (χ1n) is 6.44. The minimum absolute atomic E-state index is 0.104. The Hall–Kier alpha value is -1.88. The van der Waals surface area contributed by atoms with Crippen molar-refractivity contribution in [3.63, 3.8) is 0 Å². The van der Waals surface area contributed by atoms with Crippen LogP contribution in [-0.4, -0.2) is 17.0 Å². The highest BCUT2D eigenvalue weighted by atomic mass is 35.5. The van der Waals surface area contributed by atoms with Crippen LogP contribution in [0.2, 0.25) is 5.02 Å². The first kappa shape index (κ1) is 13.1. The van der Waals surface area contributed by atoms with Crippen molar-refractivity contribution in [2.75, 3.05) is 17.7 Å². The Kier molecular flexibility index (Phi) is 3.44. The molecule has 4 nitrogen and oxygen atoms in total. The second-order valence-corrected chi connectivity index (χ2v) is 5.18.